The second kappa shape index (κ2) is 9.30. The molecule has 0 bridgehead atoms. The molecule has 3 aromatic rings. The Morgan fingerprint density at radius 3 is 2.31 bits per heavy atom. The van der Waals surface area contributed by atoms with Crippen molar-refractivity contribution in [1.82, 2.24) is 0 Å². The summed E-state index contributed by atoms with van der Waals surface area (Å²) in [7, 11) is 2.84. The lowest BCUT2D eigenvalue weighted by molar-refractivity contribution is 0.102. The van der Waals surface area contributed by atoms with E-state index >= 15 is 0 Å². The molecule has 0 unspecified atom stereocenters. The van der Waals surface area contributed by atoms with Crippen LogP contribution in [0.3, 0.4) is 0 Å². The summed E-state index contributed by atoms with van der Waals surface area (Å²) in [6.07, 6.45) is 0. The van der Waals surface area contributed by atoms with Crippen LogP contribution >= 0.6 is 11.6 Å². The van der Waals surface area contributed by atoms with Gasteiger partial charge in [-0.2, -0.15) is 0 Å². The number of benzene rings is 3. The van der Waals surface area contributed by atoms with Crippen LogP contribution in [0.2, 0.25) is 5.02 Å². The SMILES string of the molecule is COc1cc(F)c(NC(=O)c2ccccc2OCc2ccc(Cl)cc2)cc1OC. The van der Waals surface area contributed by atoms with E-state index in [1.165, 1.54) is 20.3 Å². The molecule has 0 saturated carbocycles. The molecule has 0 fully saturated rings. The highest BCUT2D eigenvalue weighted by Gasteiger charge is 2.17. The zero-order valence-corrected chi connectivity index (χ0v) is 16.6. The fourth-order valence-electron chi connectivity index (χ4n) is 2.66. The van der Waals surface area contributed by atoms with E-state index in [9.17, 15) is 9.18 Å². The lowest BCUT2D eigenvalue weighted by Gasteiger charge is -2.14. The third-order valence-electron chi connectivity index (χ3n) is 4.16. The molecular formula is C22H19ClFNO4. The van der Waals surface area contributed by atoms with E-state index < -0.39 is 11.7 Å². The lowest BCUT2D eigenvalue weighted by Crippen LogP contribution is -2.15. The minimum Gasteiger partial charge on any atom is -0.493 e. The number of hydrogen-bond acceptors (Lipinski definition) is 4. The third kappa shape index (κ3) is 4.97. The number of rotatable bonds is 7. The zero-order chi connectivity index (χ0) is 20.8. The first-order valence-electron chi connectivity index (χ1n) is 8.71. The van der Waals surface area contributed by atoms with Gasteiger partial charge in [0.1, 0.15) is 12.4 Å². The molecule has 1 N–H and O–H groups in total. The van der Waals surface area contributed by atoms with Crippen LogP contribution in [0, 0.1) is 5.82 Å². The summed E-state index contributed by atoms with van der Waals surface area (Å²) in [5.74, 6) is -0.245. The van der Waals surface area contributed by atoms with Gasteiger partial charge in [0.15, 0.2) is 17.3 Å². The Bertz CT molecular complexity index is 1010. The van der Waals surface area contributed by atoms with Gasteiger partial charge in [-0.05, 0) is 29.8 Å². The van der Waals surface area contributed by atoms with Crippen LogP contribution in [0.4, 0.5) is 10.1 Å². The number of ether oxygens (including phenoxy) is 3. The van der Waals surface area contributed by atoms with Crippen LogP contribution < -0.4 is 19.5 Å². The molecule has 3 aromatic carbocycles. The van der Waals surface area contributed by atoms with Crippen LogP contribution in [0.25, 0.3) is 0 Å². The largest absolute Gasteiger partial charge is 0.493 e. The minimum atomic E-state index is -0.643. The van der Waals surface area contributed by atoms with Crippen molar-refractivity contribution in [2.45, 2.75) is 6.61 Å². The van der Waals surface area contributed by atoms with Crippen LogP contribution in [-0.2, 0) is 6.61 Å². The fourth-order valence-corrected chi connectivity index (χ4v) is 2.79. The van der Waals surface area contributed by atoms with Gasteiger partial charge in [0.2, 0.25) is 0 Å². The highest BCUT2D eigenvalue weighted by molar-refractivity contribution is 6.30. The first kappa shape index (κ1) is 20.5. The molecule has 0 spiro atoms. The number of methoxy groups -OCH3 is 2. The number of carbonyl (C=O) groups is 1. The summed E-state index contributed by atoms with van der Waals surface area (Å²) in [6, 6.07) is 16.5. The Morgan fingerprint density at radius 1 is 0.966 bits per heavy atom. The predicted molar refractivity (Wildman–Crippen MR) is 110 cm³/mol. The summed E-state index contributed by atoms with van der Waals surface area (Å²) in [5.41, 5.74) is 1.14. The number of carbonyl (C=O) groups excluding carboxylic acids is 1. The molecule has 150 valence electrons. The topological polar surface area (TPSA) is 56.8 Å². The Balaban J connectivity index is 1.79. The molecule has 0 aliphatic carbocycles. The van der Waals surface area contributed by atoms with Gasteiger partial charge in [-0.3, -0.25) is 4.79 Å². The maximum atomic E-state index is 14.3. The van der Waals surface area contributed by atoms with E-state index in [1.54, 1.807) is 36.4 Å². The molecule has 3 rings (SSSR count). The van der Waals surface area contributed by atoms with Crippen molar-refractivity contribution in [1.29, 1.82) is 0 Å². The Morgan fingerprint density at radius 2 is 1.62 bits per heavy atom. The third-order valence-corrected chi connectivity index (χ3v) is 4.41. The molecular weight excluding hydrogens is 397 g/mol. The number of halogens is 2. The number of para-hydroxylation sites is 1. The minimum absolute atomic E-state index is 0.0276. The van der Waals surface area contributed by atoms with E-state index in [2.05, 4.69) is 5.32 Å². The summed E-state index contributed by atoms with van der Waals surface area (Å²) >= 11 is 5.88. The van der Waals surface area contributed by atoms with Gasteiger partial charge in [-0.15, -0.1) is 0 Å². The normalized spacial score (nSPS) is 10.3. The molecule has 5 nitrogen and oxygen atoms in total. The summed E-state index contributed by atoms with van der Waals surface area (Å²) < 4.78 is 30.3. The van der Waals surface area contributed by atoms with Crippen LogP contribution in [-0.4, -0.2) is 20.1 Å². The summed E-state index contributed by atoms with van der Waals surface area (Å²) in [4.78, 5) is 12.7. The Kier molecular flexibility index (Phi) is 6.57. The van der Waals surface area contributed by atoms with E-state index in [4.69, 9.17) is 25.8 Å². The smallest absolute Gasteiger partial charge is 0.259 e. The molecule has 7 heteroatoms. The maximum Gasteiger partial charge on any atom is 0.259 e. The average Bonchev–Trinajstić information content (AvgIpc) is 2.74. The van der Waals surface area contributed by atoms with Crippen LogP contribution in [0.5, 0.6) is 17.2 Å². The highest BCUT2D eigenvalue weighted by atomic mass is 35.5. The van der Waals surface area contributed by atoms with Gasteiger partial charge < -0.3 is 19.5 Å². The van der Waals surface area contributed by atoms with Crippen molar-refractivity contribution in [3.05, 3.63) is 82.6 Å². The van der Waals surface area contributed by atoms with Gasteiger partial charge in [0.05, 0.1) is 25.5 Å². The number of amides is 1. The van der Waals surface area contributed by atoms with Crippen molar-refractivity contribution >= 4 is 23.2 Å². The summed E-state index contributed by atoms with van der Waals surface area (Å²) in [5, 5.41) is 3.18. The number of anilines is 1. The Labute approximate surface area is 173 Å². The van der Waals surface area contributed by atoms with Gasteiger partial charge in [-0.25, -0.2) is 4.39 Å². The average molecular weight is 416 g/mol. The van der Waals surface area contributed by atoms with Crippen molar-refractivity contribution in [3.8, 4) is 17.2 Å². The number of nitrogens with one attached hydrogen (secondary N) is 1. The standard InChI is InChI=1S/C22H19ClFNO4/c1-27-20-11-17(24)18(12-21(20)28-2)25-22(26)16-5-3-4-6-19(16)29-13-14-7-9-15(23)10-8-14/h3-12H,13H2,1-2H3,(H,25,26). The van der Waals surface area contributed by atoms with Crippen LogP contribution in [0.15, 0.2) is 60.7 Å². The quantitative estimate of drug-likeness (QED) is 0.566. The van der Waals surface area contributed by atoms with Crippen LogP contribution in [0.1, 0.15) is 15.9 Å². The molecule has 0 aliphatic rings. The fraction of sp³-hybridized carbons (Fsp3) is 0.136. The van der Waals surface area contributed by atoms with Gasteiger partial charge >= 0.3 is 0 Å². The zero-order valence-electron chi connectivity index (χ0n) is 15.9. The van der Waals surface area contributed by atoms with Crippen molar-refractivity contribution in [3.63, 3.8) is 0 Å². The second-order valence-corrected chi connectivity index (χ2v) is 6.49. The lowest BCUT2D eigenvalue weighted by atomic mass is 10.1. The molecule has 0 saturated heterocycles. The van der Waals surface area contributed by atoms with E-state index in [0.29, 0.717) is 16.5 Å². The molecule has 0 radical (unpaired) electrons. The summed E-state index contributed by atoms with van der Waals surface area (Å²) in [6.45, 7) is 0.256. The van der Waals surface area contributed by atoms with Crippen molar-refractivity contribution < 1.29 is 23.4 Å². The van der Waals surface area contributed by atoms with Crippen molar-refractivity contribution in [2.24, 2.45) is 0 Å². The Hall–Kier alpha value is -3.25. The molecule has 0 aliphatic heterocycles. The van der Waals surface area contributed by atoms with Gasteiger partial charge in [0.25, 0.3) is 5.91 Å². The monoisotopic (exact) mass is 415 g/mol. The first-order valence-corrected chi connectivity index (χ1v) is 9.08. The van der Waals surface area contributed by atoms with Crippen molar-refractivity contribution in [2.75, 3.05) is 19.5 Å². The van der Waals surface area contributed by atoms with E-state index in [1.807, 2.05) is 12.1 Å². The first-order chi connectivity index (χ1) is 14.0. The molecule has 29 heavy (non-hydrogen) atoms. The predicted octanol–water partition coefficient (Wildman–Crippen LogP) is 5.33. The molecule has 1 amide bonds. The maximum absolute atomic E-state index is 14.3. The molecule has 0 heterocycles. The highest BCUT2D eigenvalue weighted by Crippen LogP contribution is 2.33. The van der Waals surface area contributed by atoms with E-state index in [-0.39, 0.29) is 23.6 Å². The number of hydrogen-bond donors (Lipinski definition) is 1. The second-order valence-electron chi connectivity index (χ2n) is 6.05. The van der Waals surface area contributed by atoms with Gasteiger partial charge in [0, 0.05) is 17.2 Å². The van der Waals surface area contributed by atoms with Gasteiger partial charge in [-0.1, -0.05) is 35.9 Å². The van der Waals surface area contributed by atoms with E-state index in [0.717, 1.165) is 11.6 Å². The molecule has 0 aromatic heterocycles. The molecule has 0 atom stereocenters.